The summed E-state index contributed by atoms with van der Waals surface area (Å²) >= 11 is 0. The topological polar surface area (TPSA) is 42.4 Å². The van der Waals surface area contributed by atoms with Crippen molar-refractivity contribution in [3.63, 3.8) is 0 Å². The molecule has 2 bridgehead atoms. The predicted molar refractivity (Wildman–Crippen MR) is 124 cm³/mol. The quantitative estimate of drug-likeness (QED) is 0.538. The number of aliphatic hydroxyl groups is 1. The third-order valence-corrected chi connectivity index (χ3v) is 8.09. The Hall–Kier alpha value is -2.50. The zero-order valence-corrected chi connectivity index (χ0v) is 18.9. The summed E-state index contributed by atoms with van der Waals surface area (Å²) in [5, 5.41) is 12.8. The highest BCUT2D eigenvalue weighted by Crippen LogP contribution is 2.48. The number of aliphatic hydroxyl groups excluding tert-OH is 1. The highest BCUT2D eigenvalue weighted by molar-refractivity contribution is 5.83. The van der Waals surface area contributed by atoms with Gasteiger partial charge in [-0.1, -0.05) is 25.1 Å². The molecule has 4 heterocycles. The van der Waals surface area contributed by atoms with Crippen LogP contribution in [0.1, 0.15) is 43.4 Å². The molecular weight excluding hydrogens is 403 g/mol. The largest absolute Gasteiger partial charge is 0.497 e. The normalized spacial score (nSPS) is 28.1. The first kappa shape index (κ1) is 21.4. The van der Waals surface area contributed by atoms with Crippen molar-refractivity contribution in [1.82, 2.24) is 4.98 Å². The number of benzene rings is 2. The lowest BCUT2D eigenvalue weighted by Gasteiger charge is -2.58. The fraction of sp³-hybridized carbons (Fsp3) is 0.444. The Bertz CT molecular complexity index is 1120. The molecule has 5 atom stereocenters. The summed E-state index contributed by atoms with van der Waals surface area (Å²) in [7, 11) is 1.65. The lowest BCUT2D eigenvalue weighted by Crippen LogP contribution is -2.67. The van der Waals surface area contributed by atoms with Gasteiger partial charge in [-0.25, -0.2) is 4.39 Å². The zero-order chi connectivity index (χ0) is 22.3. The van der Waals surface area contributed by atoms with E-state index < -0.39 is 6.10 Å². The van der Waals surface area contributed by atoms with Crippen LogP contribution in [-0.2, 0) is 6.54 Å². The van der Waals surface area contributed by atoms with Crippen molar-refractivity contribution >= 4 is 10.9 Å². The van der Waals surface area contributed by atoms with Gasteiger partial charge < -0.3 is 14.3 Å². The molecule has 3 fully saturated rings. The summed E-state index contributed by atoms with van der Waals surface area (Å²) in [6, 6.07) is 14.9. The summed E-state index contributed by atoms with van der Waals surface area (Å²) in [6.45, 7) is 4.89. The molecule has 0 amide bonds. The molecule has 3 aromatic rings. The number of ether oxygens (including phenoxy) is 1. The van der Waals surface area contributed by atoms with E-state index in [9.17, 15) is 9.50 Å². The fourth-order valence-electron chi connectivity index (χ4n) is 6.37. The molecule has 2 aromatic carbocycles. The second kappa shape index (κ2) is 8.45. The highest BCUT2D eigenvalue weighted by Gasteiger charge is 2.54. The first-order chi connectivity index (χ1) is 15.5. The summed E-state index contributed by atoms with van der Waals surface area (Å²) in [5.74, 6) is 1.87. The van der Waals surface area contributed by atoms with Gasteiger partial charge in [0.2, 0.25) is 0 Å². The smallest absolute Gasteiger partial charge is 0.132 e. The van der Waals surface area contributed by atoms with Gasteiger partial charge in [0.15, 0.2) is 0 Å². The number of nitrogens with zero attached hydrogens (tertiary/aromatic N) is 2. The standard InChI is InChI=1S/C27H32FN2O2/c1-3-18-16-30(17-20-6-4-5-7-24(20)28)13-11-19(18)14-26(30)27(31)22-10-12-29-25-9-8-21(32-2)15-23(22)25/h4-10,12,15,18-19,26-27,31H,3,11,13-14,16-17H2,1-2H3/q+1/t18?,19?,26-,27-,30?/m1/s1. The Morgan fingerprint density at radius 3 is 2.84 bits per heavy atom. The molecular formula is C27H32FN2O2+. The molecule has 3 aliphatic heterocycles. The Morgan fingerprint density at radius 1 is 1.22 bits per heavy atom. The van der Waals surface area contributed by atoms with E-state index in [1.165, 1.54) is 0 Å². The summed E-state index contributed by atoms with van der Waals surface area (Å²) in [5.41, 5.74) is 2.50. The van der Waals surface area contributed by atoms with Gasteiger partial charge >= 0.3 is 0 Å². The van der Waals surface area contributed by atoms with E-state index in [2.05, 4.69) is 11.9 Å². The minimum Gasteiger partial charge on any atom is -0.497 e. The maximum absolute atomic E-state index is 14.7. The van der Waals surface area contributed by atoms with Gasteiger partial charge in [0.05, 0.1) is 25.7 Å². The lowest BCUT2D eigenvalue weighted by atomic mass is 9.70. The molecule has 3 unspecified atom stereocenters. The summed E-state index contributed by atoms with van der Waals surface area (Å²) in [4.78, 5) is 4.49. The molecule has 4 nitrogen and oxygen atoms in total. The molecule has 6 rings (SSSR count). The van der Waals surface area contributed by atoms with E-state index in [4.69, 9.17) is 4.74 Å². The maximum atomic E-state index is 14.7. The fourth-order valence-corrected chi connectivity index (χ4v) is 6.37. The van der Waals surface area contributed by atoms with Crippen molar-refractivity contribution in [3.05, 3.63) is 71.7 Å². The average Bonchev–Trinajstić information content (AvgIpc) is 2.84. The Morgan fingerprint density at radius 2 is 2.06 bits per heavy atom. The van der Waals surface area contributed by atoms with E-state index in [0.717, 1.165) is 64.6 Å². The van der Waals surface area contributed by atoms with Crippen molar-refractivity contribution in [2.75, 3.05) is 20.2 Å². The Kier molecular flexibility index (Phi) is 5.64. The lowest BCUT2D eigenvalue weighted by molar-refractivity contribution is -0.986. The minimum atomic E-state index is -0.639. The molecule has 5 heteroatoms. The van der Waals surface area contributed by atoms with E-state index in [1.807, 2.05) is 36.4 Å². The number of rotatable bonds is 6. The number of fused-ring (bicyclic) bond motifs is 4. The van der Waals surface area contributed by atoms with Crippen LogP contribution in [0.5, 0.6) is 5.75 Å². The van der Waals surface area contributed by atoms with Crippen LogP contribution in [0.15, 0.2) is 54.7 Å². The SMILES string of the molecule is CCC1C[N+]2(Cc3ccccc3F)CCC1C[C@@H]2[C@H](O)c1ccnc2ccc(OC)cc12. The average molecular weight is 436 g/mol. The van der Waals surface area contributed by atoms with Gasteiger partial charge in [-0.3, -0.25) is 4.98 Å². The van der Waals surface area contributed by atoms with Crippen molar-refractivity contribution in [2.24, 2.45) is 11.8 Å². The van der Waals surface area contributed by atoms with Gasteiger partial charge in [0.25, 0.3) is 0 Å². The van der Waals surface area contributed by atoms with Gasteiger partial charge in [-0.2, -0.15) is 0 Å². The minimum absolute atomic E-state index is 0.0351. The van der Waals surface area contributed by atoms with Gasteiger partial charge in [0, 0.05) is 35.9 Å². The number of pyridine rings is 1. The molecule has 3 aliphatic rings. The third kappa shape index (κ3) is 3.57. The number of hydrogen-bond donors (Lipinski definition) is 1. The van der Waals surface area contributed by atoms with Crippen LogP contribution in [-0.4, -0.2) is 40.8 Å². The van der Waals surface area contributed by atoms with Crippen molar-refractivity contribution < 1.29 is 18.7 Å². The second-order valence-electron chi connectivity index (χ2n) is 9.62. The maximum Gasteiger partial charge on any atom is 0.132 e. The van der Waals surface area contributed by atoms with Crippen LogP contribution in [0.3, 0.4) is 0 Å². The highest BCUT2D eigenvalue weighted by atomic mass is 19.1. The molecule has 0 saturated carbocycles. The third-order valence-electron chi connectivity index (χ3n) is 8.09. The van der Waals surface area contributed by atoms with E-state index >= 15 is 0 Å². The molecule has 0 radical (unpaired) electrons. The Balaban J connectivity index is 1.57. The van der Waals surface area contributed by atoms with Crippen LogP contribution in [0, 0.1) is 17.7 Å². The number of quaternary nitrogens is 1. The number of methoxy groups -OCH3 is 1. The predicted octanol–water partition coefficient (Wildman–Crippen LogP) is 5.25. The van der Waals surface area contributed by atoms with Crippen LogP contribution < -0.4 is 4.74 Å². The van der Waals surface area contributed by atoms with Gasteiger partial charge in [-0.15, -0.1) is 0 Å². The number of halogens is 1. The van der Waals surface area contributed by atoms with Gasteiger partial charge in [0.1, 0.15) is 30.3 Å². The molecule has 1 aromatic heterocycles. The molecule has 0 aliphatic carbocycles. The number of aromatic nitrogens is 1. The number of hydrogen-bond acceptors (Lipinski definition) is 3. The van der Waals surface area contributed by atoms with E-state index in [-0.39, 0.29) is 11.9 Å². The molecule has 3 saturated heterocycles. The van der Waals surface area contributed by atoms with Crippen molar-refractivity contribution in [2.45, 2.75) is 44.9 Å². The Labute approximate surface area is 189 Å². The van der Waals surface area contributed by atoms with Crippen LogP contribution in [0.25, 0.3) is 10.9 Å². The van der Waals surface area contributed by atoms with E-state index in [1.54, 1.807) is 25.4 Å². The van der Waals surface area contributed by atoms with Crippen LogP contribution in [0.4, 0.5) is 4.39 Å². The van der Waals surface area contributed by atoms with E-state index in [0.29, 0.717) is 18.4 Å². The first-order valence-corrected chi connectivity index (χ1v) is 11.7. The molecule has 168 valence electrons. The van der Waals surface area contributed by atoms with Crippen molar-refractivity contribution in [1.29, 1.82) is 0 Å². The van der Waals surface area contributed by atoms with Gasteiger partial charge in [-0.05, 0) is 48.2 Å². The zero-order valence-electron chi connectivity index (χ0n) is 18.9. The molecule has 1 N–H and O–H groups in total. The first-order valence-electron chi connectivity index (χ1n) is 11.7. The summed E-state index contributed by atoms with van der Waals surface area (Å²) < 4.78 is 20.9. The summed E-state index contributed by atoms with van der Waals surface area (Å²) in [6.07, 6.45) is 4.41. The number of piperidine rings is 3. The van der Waals surface area contributed by atoms with Crippen molar-refractivity contribution in [3.8, 4) is 5.75 Å². The van der Waals surface area contributed by atoms with Crippen LogP contribution in [0.2, 0.25) is 0 Å². The van der Waals surface area contributed by atoms with Crippen LogP contribution >= 0.6 is 0 Å². The second-order valence-corrected chi connectivity index (χ2v) is 9.62. The monoisotopic (exact) mass is 435 g/mol. The molecule has 32 heavy (non-hydrogen) atoms. The molecule has 0 spiro atoms.